The van der Waals surface area contributed by atoms with Crippen LogP contribution in [0.4, 0.5) is 0 Å². The van der Waals surface area contributed by atoms with Crippen molar-refractivity contribution in [3.63, 3.8) is 0 Å². The molecule has 1 saturated heterocycles. The van der Waals surface area contributed by atoms with E-state index in [1.54, 1.807) is 13.8 Å². The van der Waals surface area contributed by atoms with Gasteiger partial charge in [0.25, 0.3) is 0 Å². The summed E-state index contributed by atoms with van der Waals surface area (Å²) in [6.07, 6.45) is -2.26. The number of aliphatic hydroxyl groups excluding tert-OH is 3. The van der Waals surface area contributed by atoms with Crippen LogP contribution in [-0.2, 0) is 16.0 Å². The highest BCUT2D eigenvalue weighted by atomic mass is 16.5. The van der Waals surface area contributed by atoms with Crippen LogP contribution in [0, 0.1) is 5.41 Å². The fourth-order valence-corrected chi connectivity index (χ4v) is 3.46. The maximum absolute atomic E-state index is 12.0. The van der Waals surface area contributed by atoms with Crippen molar-refractivity contribution in [1.82, 2.24) is 4.90 Å². The van der Waals surface area contributed by atoms with E-state index in [2.05, 4.69) is 0 Å². The van der Waals surface area contributed by atoms with Gasteiger partial charge in [0.2, 0.25) is 0 Å². The molecular weight excluding hydrogens is 322 g/mol. The van der Waals surface area contributed by atoms with Crippen LogP contribution in [0.5, 0.6) is 0 Å². The molecule has 1 fully saturated rings. The number of carbonyl (C=O) groups is 1. The minimum atomic E-state index is -1.22. The Morgan fingerprint density at radius 2 is 1.84 bits per heavy atom. The summed E-state index contributed by atoms with van der Waals surface area (Å²) in [4.78, 5) is 14.0. The first-order valence-corrected chi connectivity index (χ1v) is 8.67. The Labute approximate surface area is 149 Å². The largest absolute Gasteiger partial charge is 0.469 e. The van der Waals surface area contributed by atoms with Crippen LogP contribution in [-0.4, -0.2) is 70.7 Å². The Bertz CT molecular complexity index is 562. The average Bonchev–Trinajstić information content (AvgIpc) is 2.60. The molecule has 0 spiro atoms. The van der Waals surface area contributed by atoms with Gasteiger partial charge in [0.05, 0.1) is 24.7 Å². The number of hydrogen-bond donors (Lipinski definition) is 3. The van der Waals surface area contributed by atoms with Crippen molar-refractivity contribution in [3.8, 4) is 0 Å². The topological polar surface area (TPSA) is 90.2 Å². The summed E-state index contributed by atoms with van der Waals surface area (Å²) >= 11 is 0. The van der Waals surface area contributed by atoms with Gasteiger partial charge >= 0.3 is 5.97 Å². The fourth-order valence-electron chi connectivity index (χ4n) is 3.46. The number of hydrogen-bond acceptors (Lipinski definition) is 6. The van der Waals surface area contributed by atoms with Crippen LogP contribution in [0.2, 0.25) is 0 Å². The predicted molar refractivity (Wildman–Crippen MR) is 93.9 cm³/mol. The number of aliphatic hydroxyl groups is 3. The van der Waals surface area contributed by atoms with Crippen LogP contribution in [0.1, 0.15) is 25.8 Å². The molecule has 6 heteroatoms. The predicted octanol–water partition coefficient (Wildman–Crippen LogP) is 0.585. The lowest BCUT2D eigenvalue weighted by atomic mass is 9.80. The molecule has 6 nitrogen and oxygen atoms in total. The van der Waals surface area contributed by atoms with E-state index in [4.69, 9.17) is 4.74 Å². The van der Waals surface area contributed by atoms with Crippen molar-refractivity contribution in [3.05, 3.63) is 35.9 Å². The van der Waals surface area contributed by atoms with Gasteiger partial charge in [0.1, 0.15) is 6.10 Å². The molecule has 0 bridgehead atoms. The molecule has 0 aromatic heterocycles. The molecule has 1 aliphatic rings. The third-order valence-electron chi connectivity index (χ3n) is 5.02. The molecule has 1 heterocycles. The molecule has 140 valence electrons. The van der Waals surface area contributed by atoms with Gasteiger partial charge < -0.3 is 20.1 Å². The summed E-state index contributed by atoms with van der Waals surface area (Å²) in [5, 5.41) is 30.6. The van der Waals surface area contributed by atoms with Gasteiger partial charge in [-0.25, -0.2) is 0 Å². The molecule has 0 aliphatic carbocycles. The molecule has 0 radical (unpaired) electrons. The van der Waals surface area contributed by atoms with Gasteiger partial charge in [-0.05, 0) is 32.3 Å². The highest BCUT2D eigenvalue weighted by molar-refractivity contribution is 5.75. The van der Waals surface area contributed by atoms with Gasteiger partial charge in [-0.15, -0.1) is 0 Å². The first kappa shape index (κ1) is 19.8. The van der Waals surface area contributed by atoms with Crippen LogP contribution in [0.25, 0.3) is 0 Å². The number of nitrogens with zero attached hydrogens (tertiary/aromatic N) is 1. The normalized spacial score (nSPS) is 27.9. The summed E-state index contributed by atoms with van der Waals surface area (Å²) in [5.41, 5.74) is 0.358. The van der Waals surface area contributed by atoms with Crippen LogP contribution < -0.4 is 0 Å². The van der Waals surface area contributed by atoms with E-state index in [1.807, 2.05) is 35.2 Å². The van der Waals surface area contributed by atoms with Gasteiger partial charge in [-0.3, -0.25) is 9.69 Å². The molecule has 0 unspecified atom stereocenters. The molecule has 3 N–H and O–H groups in total. The molecule has 0 amide bonds. The number of rotatable bonds is 6. The van der Waals surface area contributed by atoms with Gasteiger partial charge in [0.15, 0.2) is 0 Å². The van der Waals surface area contributed by atoms with Crippen LogP contribution >= 0.6 is 0 Å². The first-order chi connectivity index (χ1) is 11.8. The number of carbonyl (C=O) groups excluding carboxylic acids is 1. The standard InChI is InChI=1S/C19H29NO5/c1-19(2,18(24)25-3)11-14-16(22)17(23)15(21)12-20(14)10-9-13-7-5-4-6-8-13/h4-8,14-17,21-23H,9-12H2,1-3H3/t14-,15+,16-,17-/m1/s1. The lowest BCUT2D eigenvalue weighted by Gasteiger charge is -2.46. The molecule has 4 atom stereocenters. The number of likely N-dealkylation sites (tertiary alicyclic amines) is 1. The summed E-state index contributed by atoms with van der Waals surface area (Å²) in [6, 6.07) is 9.51. The number of esters is 1. The van der Waals surface area contributed by atoms with Crippen molar-refractivity contribution in [2.45, 2.75) is 51.0 Å². The zero-order valence-electron chi connectivity index (χ0n) is 15.1. The number of ether oxygens (including phenoxy) is 1. The SMILES string of the molecule is COC(=O)C(C)(C)C[C@@H]1[C@@H](O)[C@H](O)[C@@H](O)CN1CCc1ccccc1. The van der Waals surface area contributed by atoms with Crippen molar-refractivity contribution in [1.29, 1.82) is 0 Å². The molecule has 1 aromatic rings. The van der Waals surface area contributed by atoms with Gasteiger partial charge in [-0.1, -0.05) is 30.3 Å². The Balaban J connectivity index is 2.13. The van der Waals surface area contributed by atoms with E-state index >= 15 is 0 Å². The van der Waals surface area contributed by atoms with Crippen molar-refractivity contribution >= 4 is 5.97 Å². The second kappa shape index (κ2) is 8.27. The number of β-amino-alcohol motifs (C(OH)–C–C–N with tert-alkyl or cyclic N) is 1. The van der Waals surface area contributed by atoms with Crippen LogP contribution in [0.15, 0.2) is 30.3 Å². The lowest BCUT2D eigenvalue weighted by Crippen LogP contribution is -2.62. The third kappa shape index (κ3) is 4.79. The molecule has 0 saturated carbocycles. The van der Waals surface area contributed by atoms with E-state index < -0.39 is 29.8 Å². The van der Waals surface area contributed by atoms with Crippen molar-refractivity contribution < 1.29 is 24.9 Å². The monoisotopic (exact) mass is 351 g/mol. The van der Waals surface area contributed by atoms with E-state index in [0.29, 0.717) is 13.0 Å². The van der Waals surface area contributed by atoms with Gasteiger partial charge in [0, 0.05) is 19.1 Å². The molecule has 2 rings (SSSR count). The maximum Gasteiger partial charge on any atom is 0.311 e. The van der Waals surface area contributed by atoms with E-state index in [1.165, 1.54) is 7.11 Å². The number of piperidine rings is 1. The zero-order valence-corrected chi connectivity index (χ0v) is 15.1. The quantitative estimate of drug-likeness (QED) is 0.650. The lowest BCUT2D eigenvalue weighted by molar-refractivity contribution is -0.160. The minimum absolute atomic E-state index is 0.257. The highest BCUT2D eigenvalue weighted by Gasteiger charge is 2.45. The minimum Gasteiger partial charge on any atom is -0.469 e. The summed E-state index contributed by atoms with van der Waals surface area (Å²) in [6.45, 7) is 4.40. The Hall–Kier alpha value is -1.47. The number of methoxy groups -OCH3 is 1. The smallest absolute Gasteiger partial charge is 0.311 e. The van der Waals surface area contributed by atoms with E-state index in [-0.39, 0.29) is 12.5 Å². The molecular formula is C19H29NO5. The second-order valence-electron chi connectivity index (χ2n) is 7.43. The van der Waals surface area contributed by atoms with Gasteiger partial charge in [-0.2, -0.15) is 0 Å². The van der Waals surface area contributed by atoms with E-state index in [9.17, 15) is 20.1 Å². The maximum atomic E-state index is 12.0. The second-order valence-corrected chi connectivity index (χ2v) is 7.43. The van der Waals surface area contributed by atoms with Crippen molar-refractivity contribution in [2.75, 3.05) is 20.2 Å². The Morgan fingerprint density at radius 1 is 1.20 bits per heavy atom. The van der Waals surface area contributed by atoms with E-state index in [0.717, 1.165) is 12.0 Å². The molecule has 1 aromatic carbocycles. The average molecular weight is 351 g/mol. The third-order valence-corrected chi connectivity index (χ3v) is 5.02. The fraction of sp³-hybridized carbons (Fsp3) is 0.632. The molecule has 25 heavy (non-hydrogen) atoms. The molecule has 1 aliphatic heterocycles. The summed E-state index contributed by atoms with van der Waals surface area (Å²) in [5.74, 6) is -0.358. The zero-order chi connectivity index (χ0) is 18.6. The first-order valence-electron chi connectivity index (χ1n) is 8.67. The summed E-state index contributed by atoms with van der Waals surface area (Å²) in [7, 11) is 1.34. The van der Waals surface area contributed by atoms with Crippen LogP contribution in [0.3, 0.4) is 0 Å². The van der Waals surface area contributed by atoms with Crippen molar-refractivity contribution in [2.24, 2.45) is 5.41 Å². The highest BCUT2D eigenvalue weighted by Crippen LogP contribution is 2.31. The summed E-state index contributed by atoms with van der Waals surface area (Å²) < 4.78 is 4.85. The Morgan fingerprint density at radius 3 is 2.44 bits per heavy atom. The number of benzene rings is 1. The Kier molecular flexibility index (Phi) is 6.57.